The van der Waals surface area contributed by atoms with Crippen LogP contribution >= 0.6 is 0 Å². The quantitative estimate of drug-likeness (QED) is 0.901. The zero-order valence-corrected chi connectivity index (χ0v) is 11.0. The summed E-state index contributed by atoms with van der Waals surface area (Å²) in [6.45, 7) is 0.732. The molecule has 0 radical (unpaired) electrons. The summed E-state index contributed by atoms with van der Waals surface area (Å²) in [5, 5.41) is 8.89. The molecule has 1 N–H and O–H groups in total. The van der Waals surface area contributed by atoms with Crippen molar-refractivity contribution in [1.29, 1.82) is 0 Å². The topological polar surface area (TPSA) is 70.5 Å². The van der Waals surface area contributed by atoms with E-state index in [1.807, 2.05) is 0 Å². The smallest absolute Gasteiger partial charge is 0.337 e. The lowest BCUT2D eigenvalue weighted by molar-refractivity contribution is 0.0696. The highest BCUT2D eigenvalue weighted by atomic mass is 16.4. The third-order valence-electron chi connectivity index (χ3n) is 3.59. The number of carbonyl (C=O) groups excluding carboxylic acids is 1. The van der Waals surface area contributed by atoms with Crippen LogP contribution in [-0.4, -0.2) is 40.5 Å². The zero-order chi connectivity index (χ0) is 13.8. The van der Waals surface area contributed by atoms with Crippen molar-refractivity contribution in [2.24, 2.45) is 5.92 Å². The first-order valence-electron chi connectivity index (χ1n) is 6.51. The molecular weight excluding hydrogens is 244 g/mol. The number of aromatic carboxylic acids is 1. The molecule has 1 fully saturated rings. The monoisotopic (exact) mass is 262 g/mol. The Morgan fingerprint density at radius 3 is 2.58 bits per heavy atom. The van der Waals surface area contributed by atoms with Gasteiger partial charge in [-0.05, 0) is 24.8 Å². The first-order chi connectivity index (χ1) is 9.08. The Balaban J connectivity index is 2.05. The third kappa shape index (κ3) is 3.30. The number of carboxylic acid groups (broad SMARTS) is 1. The van der Waals surface area contributed by atoms with E-state index >= 15 is 0 Å². The number of rotatable bonds is 4. The summed E-state index contributed by atoms with van der Waals surface area (Å²) < 4.78 is 0. The molecule has 1 saturated carbocycles. The summed E-state index contributed by atoms with van der Waals surface area (Å²) in [5.41, 5.74) is 0.375. The molecule has 1 aromatic rings. The summed E-state index contributed by atoms with van der Waals surface area (Å²) in [7, 11) is 1.76. The summed E-state index contributed by atoms with van der Waals surface area (Å²) in [4.78, 5) is 28.5. The van der Waals surface area contributed by atoms with Crippen LogP contribution in [0.15, 0.2) is 18.5 Å². The third-order valence-corrected chi connectivity index (χ3v) is 3.59. The van der Waals surface area contributed by atoms with Crippen molar-refractivity contribution < 1.29 is 14.7 Å². The van der Waals surface area contributed by atoms with Crippen LogP contribution in [0.4, 0.5) is 0 Å². The molecule has 0 aliphatic heterocycles. The Hall–Kier alpha value is -1.91. The minimum Gasteiger partial charge on any atom is -0.478 e. The lowest BCUT2D eigenvalue weighted by atomic mass is 10.1. The van der Waals surface area contributed by atoms with Gasteiger partial charge in [-0.15, -0.1) is 0 Å². The molecule has 0 atom stereocenters. The van der Waals surface area contributed by atoms with E-state index in [2.05, 4.69) is 4.98 Å². The van der Waals surface area contributed by atoms with Crippen LogP contribution in [0, 0.1) is 5.92 Å². The van der Waals surface area contributed by atoms with E-state index < -0.39 is 5.97 Å². The van der Waals surface area contributed by atoms with Crippen LogP contribution < -0.4 is 0 Å². The second kappa shape index (κ2) is 5.82. The molecule has 0 aromatic carbocycles. The maximum atomic E-state index is 12.2. The average molecular weight is 262 g/mol. The van der Waals surface area contributed by atoms with Gasteiger partial charge in [0.1, 0.15) is 0 Å². The maximum Gasteiger partial charge on any atom is 0.337 e. The minimum absolute atomic E-state index is 0.0418. The number of hydrogen-bond acceptors (Lipinski definition) is 3. The standard InChI is InChI=1S/C14H18N2O3/c1-16(9-10-4-2-3-5-10)13(17)11-6-12(14(18)19)8-15-7-11/h6-8,10H,2-5,9H2,1H3,(H,18,19). The van der Waals surface area contributed by atoms with Crippen LogP contribution in [-0.2, 0) is 0 Å². The number of hydrogen-bond donors (Lipinski definition) is 1. The molecule has 0 unspecified atom stereocenters. The predicted octanol–water partition coefficient (Wildman–Crippen LogP) is 2.04. The van der Waals surface area contributed by atoms with Crippen molar-refractivity contribution in [1.82, 2.24) is 9.88 Å². The molecule has 1 aromatic heterocycles. The Kier molecular flexibility index (Phi) is 4.14. The Morgan fingerprint density at radius 1 is 1.32 bits per heavy atom. The van der Waals surface area contributed by atoms with Gasteiger partial charge in [0.05, 0.1) is 11.1 Å². The van der Waals surface area contributed by atoms with Gasteiger partial charge < -0.3 is 10.0 Å². The molecule has 1 heterocycles. The molecule has 1 amide bonds. The summed E-state index contributed by atoms with van der Waals surface area (Å²) in [5.74, 6) is -0.660. The summed E-state index contributed by atoms with van der Waals surface area (Å²) in [6, 6.07) is 1.38. The van der Waals surface area contributed by atoms with Crippen molar-refractivity contribution in [3.05, 3.63) is 29.6 Å². The van der Waals surface area contributed by atoms with Crippen molar-refractivity contribution in [3.8, 4) is 0 Å². The molecule has 102 valence electrons. The van der Waals surface area contributed by atoms with Gasteiger partial charge in [0.25, 0.3) is 5.91 Å². The normalized spacial score (nSPS) is 15.4. The maximum absolute atomic E-state index is 12.2. The van der Waals surface area contributed by atoms with Crippen LogP contribution in [0.25, 0.3) is 0 Å². The van der Waals surface area contributed by atoms with E-state index in [-0.39, 0.29) is 11.5 Å². The molecule has 1 aliphatic rings. The number of amides is 1. The number of aromatic nitrogens is 1. The minimum atomic E-state index is -1.07. The molecule has 0 bridgehead atoms. The molecule has 5 nitrogen and oxygen atoms in total. The fourth-order valence-corrected chi connectivity index (χ4v) is 2.56. The Labute approximate surface area is 112 Å². The van der Waals surface area contributed by atoms with E-state index in [0.29, 0.717) is 11.5 Å². The molecule has 19 heavy (non-hydrogen) atoms. The molecule has 5 heteroatoms. The summed E-state index contributed by atoms with van der Waals surface area (Å²) >= 11 is 0. The van der Waals surface area contributed by atoms with Crippen LogP contribution in [0.3, 0.4) is 0 Å². The van der Waals surface area contributed by atoms with Crippen LogP contribution in [0.5, 0.6) is 0 Å². The number of nitrogens with zero attached hydrogens (tertiary/aromatic N) is 2. The van der Waals surface area contributed by atoms with Crippen molar-refractivity contribution in [2.45, 2.75) is 25.7 Å². The van der Waals surface area contributed by atoms with Gasteiger partial charge in [0.2, 0.25) is 0 Å². The molecular formula is C14H18N2O3. The SMILES string of the molecule is CN(CC1CCCC1)C(=O)c1cncc(C(=O)O)c1. The van der Waals surface area contributed by atoms with Crippen molar-refractivity contribution in [3.63, 3.8) is 0 Å². The van der Waals surface area contributed by atoms with Crippen molar-refractivity contribution in [2.75, 3.05) is 13.6 Å². The molecule has 2 rings (SSSR count). The highest BCUT2D eigenvalue weighted by Crippen LogP contribution is 2.25. The predicted molar refractivity (Wildman–Crippen MR) is 70.1 cm³/mol. The van der Waals surface area contributed by atoms with E-state index in [0.717, 1.165) is 6.54 Å². The lowest BCUT2D eigenvalue weighted by Gasteiger charge is -2.21. The average Bonchev–Trinajstić information content (AvgIpc) is 2.90. The first kappa shape index (κ1) is 13.5. The second-order valence-corrected chi connectivity index (χ2v) is 5.10. The molecule has 0 spiro atoms. The molecule has 1 aliphatic carbocycles. The van der Waals surface area contributed by atoms with Crippen molar-refractivity contribution >= 4 is 11.9 Å². The zero-order valence-electron chi connectivity index (χ0n) is 11.0. The first-order valence-corrected chi connectivity index (χ1v) is 6.51. The lowest BCUT2D eigenvalue weighted by Crippen LogP contribution is -2.31. The van der Waals surface area contributed by atoms with Gasteiger partial charge in [0.15, 0.2) is 0 Å². The van der Waals surface area contributed by atoms with Gasteiger partial charge in [-0.1, -0.05) is 12.8 Å². The fourth-order valence-electron chi connectivity index (χ4n) is 2.56. The largest absolute Gasteiger partial charge is 0.478 e. The van der Waals surface area contributed by atoms with E-state index in [4.69, 9.17) is 5.11 Å². The number of pyridine rings is 1. The van der Waals surface area contributed by atoms with Gasteiger partial charge in [-0.3, -0.25) is 9.78 Å². The van der Waals surface area contributed by atoms with Crippen LogP contribution in [0.2, 0.25) is 0 Å². The second-order valence-electron chi connectivity index (χ2n) is 5.10. The highest BCUT2D eigenvalue weighted by molar-refractivity contribution is 5.96. The van der Waals surface area contributed by atoms with Gasteiger partial charge in [-0.25, -0.2) is 4.79 Å². The van der Waals surface area contributed by atoms with E-state index in [1.165, 1.54) is 44.1 Å². The Morgan fingerprint density at radius 2 is 1.95 bits per heavy atom. The summed E-state index contributed by atoms with van der Waals surface area (Å²) in [6.07, 6.45) is 7.48. The van der Waals surface area contributed by atoms with Gasteiger partial charge in [-0.2, -0.15) is 0 Å². The fraction of sp³-hybridized carbons (Fsp3) is 0.500. The number of carboxylic acids is 1. The van der Waals surface area contributed by atoms with Gasteiger partial charge >= 0.3 is 5.97 Å². The Bertz CT molecular complexity index is 481. The highest BCUT2D eigenvalue weighted by Gasteiger charge is 2.21. The number of carbonyl (C=O) groups is 2. The molecule has 0 saturated heterocycles. The van der Waals surface area contributed by atoms with Gasteiger partial charge in [0, 0.05) is 26.0 Å². The van der Waals surface area contributed by atoms with E-state index in [1.54, 1.807) is 11.9 Å². The van der Waals surface area contributed by atoms with Crippen LogP contribution in [0.1, 0.15) is 46.4 Å². The van der Waals surface area contributed by atoms with E-state index in [9.17, 15) is 9.59 Å².